The number of hydrogen-bond acceptors (Lipinski definition) is 6. The molecule has 0 aromatic heterocycles. The second-order valence-electron chi connectivity index (χ2n) is 8.34. The van der Waals surface area contributed by atoms with Crippen LogP contribution in [0.2, 0.25) is 0 Å². The minimum atomic E-state index is -5.19. The van der Waals surface area contributed by atoms with Gasteiger partial charge in [0.15, 0.2) is 0 Å². The largest absolute Gasteiger partial charge is 0.458 e. The lowest BCUT2D eigenvalue weighted by molar-refractivity contribution is -0.218. The van der Waals surface area contributed by atoms with E-state index in [-0.39, 0.29) is 35.1 Å². The normalized spacial score (nSPS) is 25.6. The van der Waals surface area contributed by atoms with Crippen LogP contribution >= 0.6 is 0 Å². The van der Waals surface area contributed by atoms with Gasteiger partial charge < -0.3 is 9.47 Å². The lowest BCUT2D eigenvalue weighted by atomic mass is 9.77. The number of hydrogen-bond donors (Lipinski definition) is 1. The second kappa shape index (κ2) is 9.36. The van der Waals surface area contributed by atoms with Crippen molar-refractivity contribution in [1.82, 2.24) is 0 Å². The summed E-state index contributed by atoms with van der Waals surface area (Å²) in [5, 5.41) is 0. The molecular formula is C19H18B3F3O7S. The Hall–Kier alpha value is -1.95. The van der Waals surface area contributed by atoms with Crippen LogP contribution in [-0.4, -0.2) is 72.6 Å². The first kappa shape index (κ1) is 25.7. The first-order chi connectivity index (χ1) is 15.2. The molecule has 2 fully saturated rings. The van der Waals surface area contributed by atoms with Gasteiger partial charge in [0.1, 0.15) is 27.5 Å². The number of benzene rings is 1. The Kier molecular flexibility index (Phi) is 7.28. The highest BCUT2D eigenvalue weighted by molar-refractivity contribution is 7.85. The average molecular weight is 480 g/mol. The lowest BCUT2D eigenvalue weighted by Crippen LogP contribution is -2.43. The Morgan fingerprint density at radius 2 is 1.85 bits per heavy atom. The Balaban J connectivity index is 1.73. The molecule has 0 aliphatic heterocycles. The van der Waals surface area contributed by atoms with Gasteiger partial charge >= 0.3 is 18.1 Å². The third kappa shape index (κ3) is 5.95. The molecule has 5 atom stereocenters. The van der Waals surface area contributed by atoms with Crippen LogP contribution in [0.4, 0.5) is 13.2 Å². The minimum absolute atomic E-state index is 0.0576. The predicted octanol–water partition coefficient (Wildman–Crippen LogP) is -0.124. The van der Waals surface area contributed by atoms with Crippen molar-refractivity contribution in [3.63, 3.8) is 0 Å². The molecule has 2 aliphatic rings. The molecule has 1 N–H and O–H groups in total. The van der Waals surface area contributed by atoms with Gasteiger partial charge in [-0.25, -0.2) is 4.79 Å². The van der Waals surface area contributed by atoms with Gasteiger partial charge in [-0.05, 0) is 30.7 Å². The van der Waals surface area contributed by atoms with Crippen LogP contribution in [0, 0.1) is 17.8 Å². The number of carbonyl (C=O) groups is 2. The topological polar surface area (TPSA) is 107 Å². The van der Waals surface area contributed by atoms with Gasteiger partial charge in [-0.1, -0.05) is 29.4 Å². The number of carbonyl (C=O) groups excluding carboxylic acids is 2. The summed E-state index contributed by atoms with van der Waals surface area (Å²) in [6.45, 7) is 0. The van der Waals surface area contributed by atoms with Crippen molar-refractivity contribution in [1.29, 1.82) is 0 Å². The molecule has 3 rings (SSSR count). The van der Waals surface area contributed by atoms with E-state index in [0.717, 1.165) is 0 Å². The number of halogens is 3. The Labute approximate surface area is 192 Å². The van der Waals surface area contributed by atoms with E-state index in [2.05, 4.69) is 4.74 Å². The summed E-state index contributed by atoms with van der Waals surface area (Å²) in [6, 6.07) is 2.79. The van der Waals surface area contributed by atoms with Gasteiger partial charge in [0.05, 0.1) is 19.3 Å². The molecule has 5 unspecified atom stereocenters. The summed E-state index contributed by atoms with van der Waals surface area (Å²) in [4.78, 5) is 25.2. The zero-order valence-corrected chi connectivity index (χ0v) is 18.1. The fourth-order valence-corrected chi connectivity index (χ4v) is 5.27. The van der Waals surface area contributed by atoms with E-state index in [1.807, 2.05) is 0 Å². The molecule has 1 aromatic carbocycles. The summed E-state index contributed by atoms with van der Waals surface area (Å²) >= 11 is 0. The summed E-state index contributed by atoms with van der Waals surface area (Å²) in [6.07, 6.45) is -7.99. The number of esters is 2. The van der Waals surface area contributed by atoms with Crippen molar-refractivity contribution in [2.75, 3.05) is 5.75 Å². The number of alkyl halides is 3. The van der Waals surface area contributed by atoms with Crippen LogP contribution in [0.15, 0.2) is 12.1 Å². The fourth-order valence-electron chi connectivity index (χ4n) is 4.64. The van der Waals surface area contributed by atoms with E-state index >= 15 is 0 Å². The average Bonchev–Trinajstić information content (AvgIpc) is 3.25. The highest BCUT2D eigenvalue weighted by Crippen LogP contribution is 2.50. The summed E-state index contributed by atoms with van der Waals surface area (Å²) in [5.74, 6) is -5.56. The van der Waals surface area contributed by atoms with Crippen LogP contribution in [0.1, 0.15) is 35.2 Å². The maximum absolute atomic E-state index is 13.1. The molecule has 2 bridgehead atoms. The predicted molar refractivity (Wildman–Crippen MR) is 113 cm³/mol. The second-order valence-corrected chi connectivity index (χ2v) is 9.84. The maximum Gasteiger partial charge on any atom is 0.426 e. The van der Waals surface area contributed by atoms with E-state index in [1.54, 1.807) is 0 Å². The molecule has 2 aliphatic carbocycles. The smallest absolute Gasteiger partial charge is 0.426 e. The van der Waals surface area contributed by atoms with Crippen molar-refractivity contribution >= 4 is 56.5 Å². The molecule has 0 saturated heterocycles. The lowest BCUT2D eigenvalue weighted by Gasteiger charge is -2.30. The fraction of sp³-hybridized carbons (Fsp3) is 0.579. The van der Waals surface area contributed by atoms with Crippen LogP contribution in [0.25, 0.3) is 0 Å². The van der Waals surface area contributed by atoms with Crippen molar-refractivity contribution < 1.29 is 45.2 Å². The van der Waals surface area contributed by atoms with Gasteiger partial charge in [0.25, 0.3) is 10.1 Å². The van der Waals surface area contributed by atoms with E-state index < -0.39 is 58.0 Å². The standard InChI is InChI=1S/C19H18B3F3O7S/c20-6-13-12(4-9(21)5-14(13)22)17(26)31-15-3-8-1-10(15)11(2-8)18(27)32-16(19(23,24)25)7-33(28,29)30/h4-5,8,10-11,15-16H,1-3,6-7H2,(H,28,29,30). The summed E-state index contributed by atoms with van der Waals surface area (Å²) < 4.78 is 79.9. The zero-order valence-electron chi connectivity index (χ0n) is 17.2. The number of fused-ring (bicyclic) bond motifs is 2. The van der Waals surface area contributed by atoms with E-state index in [4.69, 9.17) is 32.8 Å². The molecule has 33 heavy (non-hydrogen) atoms. The highest BCUT2D eigenvalue weighted by atomic mass is 32.2. The van der Waals surface area contributed by atoms with Crippen molar-refractivity contribution in [2.24, 2.45) is 17.8 Å². The Morgan fingerprint density at radius 3 is 2.39 bits per heavy atom. The zero-order chi connectivity index (χ0) is 24.7. The van der Waals surface area contributed by atoms with Gasteiger partial charge in [0, 0.05) is 5.92 Å². The molecule has 1 aromatic rings. The van der Waals surface area contributed by atoms with E-state index in [9.17, 15) is 31.2 Å². The number of ether oxygens (including phenoxy) is 2. The third-order valence-corrected chi connectivity index (χ3v) is 6.75. The molecule has 0 spiro atoms. The molecule has 0 heterocycles. The summed E-state index contributed by atoms with van der Waals surface area (Å²) in [7, 11) is 12.2. The van der Waals surface area contributed by atoms with E-state index in [0.29, 0.717) is 18.4 Å². The molecule has 7 nitrogen and oxygen atoms in total. The van der Waals surface area contributed by atoms with Crippen LogP contribution in [0.3, 0.4) is 0 Å². The highest BCUT2D eigenvalue weighted by Gasteiger charge is 2.53. The van der Waals surface area contributed by atoms with E-state index in [1.165, 1.54) is 12.1 Å². The first-order valence-corrected chi connectivity index (χ1v) is 11.6. The maximum atomic E-state index is 13.1. The molecule has 14 heteroatoms. The number of rotatable bonds is 7. The summed E-state index contributed by atoms with van der Waals surface area (Å²) in [5.41, 5.74) is 0.799. The van der Waals surface area contributed by atoms with Gasteiger partial charge in [-0.3, -0.25) is 9.35 Å². The van der Waals surface area contributed by atoms with Crippen molar-refractivity contribution in [3.8, 4) is 0 Å². The van der Waals surface area contributed by atoms with Crippen LogP contribution in [0.5, 0.6) is 0 Å². The Morgan fingerprint density at radius 1 is 1.18 bits per heavy atom. The quantitative estimate of drug-likeness (QED) is 0.330. The van der Waals surface area contributed by atoms with Gasteiger partial charge in [0.2, 0.25) is 6.10 Å². The minimum Gasteiger partial charge on any atom is -0.458 e. The monoisotopic (exact) mass is 480 g/mol. The van der Waals surface area contributed by atoms with Crippen molar-refractivity contribution in [3.05, 3.63) is 23.3 Å². The van der Waals surface area contributed by atoms with Crippen LogP contribution in [-0.2, 0) is 30.7 Å². The van der Waals surface area contributed by atoms with Crippen molar-refractivity contribution in [2.45, 2.75) is 44.0 Å². The molecule has 0 amide bonds. The Bertz CT molecular complexity index is 1050. The third-order valence-electron chi connectivity index (χ3n) is 6.03. The molecular weight excluding hydrogens is 462 g/mol. The van der Waals surface area contributed by atoms with Gasteiger partial charge in [-0.2, -0.15) is 21.6 Å². The van der Waals surface area contributed by atoms with Crippen LogP contribution < -0.4 is 10.9 Å². The SMILES string of the molecule is [B]Cc1c([B])cc([B])cc1C(=O)OC1CC2CC(C(=O)OC(CS(=O)(=O)O)C(F)(F)F)C1C2. The first-order valence-electron chi connectivity index (χ1n) is 10.0. The van der Waals surface area contributed by atoms with Gasteiger partial charge in [-0.15, -0.1) is 0 Å². The molecule has 172 valence electrons. The molecule has 6 radical (unpaired) electrons. The molecule has 2 saturated carbocycles.